The maximum atomic E-state index is 3.68. The van der Waals surface area contributed by atoms with Gasteiger partial charge >= 0.3 is 17.1 Å². The molecule has 0 heterocycles. The van der Waals surface area contributed by atoms with E-state index in [9.17, 15) is 0 Å². The molecule has 0 amide bonds. The van der Waals surface area contributed by atoms with Gasteiger partial charge in [-0.15, -0.1) is 12.7 Å². The van der Waals surface area contributed by atoms with Crippen molar-refractivity contribution in [3.05, 3.63) is 65.7 Å². The molecule has 0 bridgehead atoms. The summed E-state index contributed by atoms with van der Waals surface area (Å²) < 4.78 is 0. The van der Waals surface area contributed by atoms with Gasteiger partial charge in [-0.3, -0.25) is 0 Å². The van der Waals surface area contributed by atoms with Crippen molar-refractivity contribution in [2.45, 2.75) is 26.7 Å². The van der Waals surface area contributed by atoms with Gasteiger partial charge in [-0.25, -0.2) is 12.1 Å². The van der Waals surface area contributed by atoms with Gasteiger partial charge < -0.3 is 0 Å². The second-order valence-corrected chi connectivity index (χ2v) is 3.76. The maximum absolute atomic E-state index is 3.68. The van der Waals surface area contributed by atoms with Crippen molar-refractivity contribution in [3.8, 4) is 0 Å². The van der Waals surface area contributed by atoms with Crippen LogP contribution >= 0.6 is 0 Å². The summed E-state index contributed by atoms with van der Waals surface area (Å²) in [4.78, 5) is 0. The fraction of sp³-hybridized carbons (Fsp3) is 0.250. The van der Waals surface area contributed by atoms with E-state index in [4.69, 9.17) is 0 Å². The van der Waals surface area contributed by atoms with Crippen molar-refractivity contribution in [2.75, 3.05) is 0 Å². The summed E-state index contributed by atoms with van der Waals surface area (Å²) in [6.45, 7) is 8.00. The van der Waals surface area contributed by atoms with E-state index in [0.29, 0.717) is 0 Å². The molecule has 92 valence electrons. The van der Waals surface area contributed by atoms with Crippen LogP contribution in [0, 0.1) is 0 Å². The summed E-state index contributed by atoms with van der Waals surface area (Å²) in [5.41, 5.74) is 4.05. The van der Waals surface area contributed by atoms with E-state index in [1.165, 1.54) is 16.7 Å². The second-order valence-electron chi connectivity index (χ2n) is 3.76. The molecule has 2 aromatic carbocycles. The zero-order chi connectivity index (χ0) is 11.8. The predicted molar refractivity (Wildman–Crippen MR) is 72.9 cm³/mol. The number of hydrogen-bond donors (Lipinski definition) is 0. The Morgan fingerprint density at radius 3 is 2.29 bits per heavy atom. The van der Waals surface area contributed by atoms with Crippen LogP contribution in [0.4, 0.5) is 0 Å². The van der Waals surface area contributed by atoms with Crippen LogP contribution in [-0.2, 0) is 29.9 Å². The first-order valence-electron chi connectivity index (χ1n) is 5.88. The first kappa shape index (κ1) is 16.0. The smallest absolute Gasteiger partial charge is 0.211 e. The molecule has 0 aliphatic rings. The molecule has 0 N–H and O–H groups in total. The minimum atomic E-state index is 0. The molecule has 0 aliphatic heterocycles. The molecule has 0 fully saturated rings. The van der Waals surface area contributed by atoms with Gasteiger partial charge in [0, 0.05) is 0 Å². The molecule has 2 aromatic rings. The Hall–Kier alpha value is -1.04. The average Bonchev–Trinajstić information content (AvgIpc) is 3.00. The van der Waals surface area contributed by atoms with E-state index in [1.54, 1.807) is 0 Å². The molecule has 1 heteroatoms. The van der Waals surface area contributed by atoms with Crippen molar-refractivity contribution < 1.29 is 17.1 Å². The molecule has 0 unspecified atom stereocenters. The Bertz CT molecular complexity index is 393. The van der Waals surface area contributed by atoms with Crippen LogP contribution in [0.2, 0.25) is 0 Å². The number of aryl methyl sites for hydroxylation is 2. The fourth-order valence-electron chi connectivity index (χ4n) is 1.51. The zero-order valence-electron chi connectivity index (χ0n) is 10.6. The van der Waals surface area contributed by atoms with Crippen molar-refractivity contribution in [1.29, 1.82) is 0 Å². The summed E-state index contributed by atoms with van der Waals surface area (Å²) in [6.07, 6.45) is 4.15. The van der Waals surface area contributed by atoms with Gasteiger partial charge in [-0.2, -0.15) is 47.0 Å². The van der Waals surface area contributed by atoms with Crippen molar-refractivity contribution in [3.63, 3.8) is 0 Å². The van der Waals surface area contributed by atoms with Crippen LogP contribution in [0.25, 0.3) is 6.08 Å². The van der Waals surface area contributed by atoms with Crippen LogP contribution in [0.3, 0.4) is 0 Å². The molecule has 0 aromatic heterocycles. The monoisotopic (exact) mass is 268 g/mol. The largest absolute Gasteiger partial charge is 2.00 e. The van der Waals surface area contributed by atoms with Crippen LogP contribution < -0.4 is 0 Å². The van der Waals surface area contributed by atoms with E-state index in [0.717, 1.165) is 12.8 Å². The van der Waals surface area contributed by atoms with Gasteiger partial charge in [0.1, 0.15) is 0 Å². The van der Waals surface area contributed by atoms with Crippen molar-refractivity contribution in [1.82, 2.24) is 0 Å². The Morgan fingerprint density at radius 2 is 2.00 bits per heavy atom. The third-order valence-corrected chi connectivity index (χ3v) is 2.63. The summed E-state index contributed by atoms with van der Waals surface area (Å²) in [6, 6.07) is 14.8. The molecular weight excluding hydrogens is 248 g/mol. The fourth-order valence-corrected chi connectivity index (χ4v) is 1.51. The molecule has 2 rings (SSSR count). The Balaban J connectivity index is 0.000000292. The molecule has 0 atom stereocenters. The normalized spacial score (nSPS) is 8.82. The molecule has 0 saturated heterocycles. The van der Waals surface area contributed by atoms with Gasteiger partial charge in [0.05, 0.1) is 0 Å². The van der Waals surface area contributed by atoms with E-state index in [2.05, 4.69) is 62.9 Å². The molecule has 0 spiro atoms. The Kier molecular flexibility index (Phi) is 8.48. The summed E-state index contributed by atoms with van der Waals surface area (Å²) >= 11 is 0. The summed E-state index contributed by atoms with van der Waals surface area (Å²) in [7, 11) is 0. The van der Waals surface area contributed by atoms with Gasteiger partial charge in [0.2, 0.25) is 0 Å². The SMILES string of the molecule is C=Cc1c[cH-]c(CC)c1.CCc1cc[cH-]c1.[Fe+2]. The quantitative estimate of drug-likeness (QED) is 0.564. The molecule has 17 heavy (non-hydrogen) atoms. The predicted octanol–water partition coefficient (Wildman–Crippen LogP) is 4.58. The third-order valence-electron chi connectivity index (χ3n) is 2.63. The Morgan fingerprint density at radius 1 is 1.24 bits per heavy atom. The van der Waals surface area contributed by atoms with Gasteiger partial charge in [-0.1, -0.05) is 26.7 Å². The van der Waals surface area contributed by atoms with E-state index < -0.39 is 0 Å². The molecular formula is C16H20Fe. The van der Waals surface area contributed by atoms with Gasteiger partial charge in [0.15, 0.2) is 0 Å². The maximum Gasteiger partial charge on any atom is 2.00 e. The third kappa shape index (κ3) is 5.72. The topological polar surface area (TPSA) is 0 Å². The minimum absolute atomic E-state index is 0. The van der Waals surface area contributed by atoms with Gasteiger partial charge in [0.25, 0.3) is 0 Å². The zero-order valence-corrected chi connectivity index (χ0v) is 11.7. The number of rotatable bonds is 3. The van der Waals surface area contributed by atoms with E-state index in [1.807, 2.05) is 6.08 Å². The minimum Gasteiger partial charge on any atom is -0.211 e. The molecule has 0 saturated carbocycles. The number of hydrogen-bond acceptors (Lipinski definition) is 0. The second kappa shape index (κ2) is 9.04. The van der Waals surface area contributed by atoms with Crippen molar-refractivity contribution >= 4 is 6.08 Å². The standard InChI is InChI=1S/C9H11.C7H9.Fe/c1-3-8-5-6-9(4-2)7-8;1-2-7-5-3-4-6-7;/h3,5-7H,1,4H2,2H3;3-6H,2H2,1H3;/q2*-1;+2. The first-order chi connectivity index (χ1) is 7.80. The molecule has 0 radical (unpaired) electrons. The van der Waals surface area contributed by atoms with Crippen LogP contribution in [0.5, 0.6) is 0 Å². The van der Waals surface area contributed by atoms with E-state index in [-0.39, 0.29) is 17.1 Å². The molecule has 0 nitrogen and oxygen atoms in total. The van der Waals surface area contributed by atoms with Crippen LogP contribution in [0.1, 0.15) is 30.5 Å². The summed E-state index contributed by atoms with van der Waals surface area (Å²) in [5.74, 6) is 0. The molecule has 0 aliphatic carbocycles. The van der Waals surface area contributed by atoms with E-state index >= 15 is 0 Å². The average molecular weight is 268 g/mol. The summed E-state index contributed by atoms with van der Waals surface area (Å²) in [5, 5.41) is 0. The Labute approximate surface area is 116 Å². The van der Waals surface area contributed by atoms with Crippen LogP contribution in [-0.4, -0.2) is 0 Å². The van der Waals surface area contributed by atoms with Gasteiger partial charge in [-0.05, 0) is 0 Å². The van der Waals surface area contributed by atoms with Crippen molar-refractivity contribution in [2.24, 2.45) is 0 Å². The van der Waals surface area contributed by atoms with Crippen LogP contribution in [0.15, 0.2) is 49.0 Å². The first-order valence-corrected chi connectivity index (χ1v) is 5.88.